The molecule has 0 radical (unpaired) electrons. The summed E-state index contributed by atoms with van der Waals surface area (Å²) in [6.07, 6.45) is -6.20. The number of carbonyl (C=O) groups is 7. The molecule has 4 aromatic heterocycles. The first-order valence-electron chi connectivity index (χ1n) is 45.7. The predicted molar refractivity (Wildman–Crippen MR) is 488 cm³/mol. The van der Waals surface area contributed by atoms with Gasteiger partial charge in [0.05, 0.1) is 75.1 Å². The van der Waals surface area contributed by atoms with E-state index in [1.54, 1.807) is 90.1 Å². The predicted octanol–water partition coefficient (Wildman–Crippen LogP) is 16.2. The standard InChI is InChI=1S/C26H30F3N3O3.C26H32F3N3O3.C25H30N4O3.C21H25F3N4O3S.3H2/c1-24(8-9-24)22(33)19-5-7-21-25(30(2)14-15-32(19)21)10-12-31(13-11-25)23(34)17-4-6-20(35-3)18(16-17)26(27,28)29;1-17(2)10-15-35-20-6-4-19(5-7-20)24(34)31-13-11-25(12-14-31)22-9-8-21(23(33)26(27,28)29)32(22)18(3)16-30-25;1-17(2)32-22-7-5-19(15-20(22)16-26)24(31)28-11-9-25(10-12-28)23-8-6-21(18(3)30)29(23)14-13-27(25)4;1-14-13-15(3-4-16(14)32(30,31)25-2)19(29)27-10-7-20(8-11-27)17-5-6-18(21(22,23)24)28(17)12-9-26-20;;;/h4-7,16H,8-15H2,1-3H3;4-9,17-18,30H,10-16H2,1-3H3;5-8,15,17H,9-14H2,1-4H3;3-6,13,25-26H,7-12H2,1-2H3;3*1H. The van der Waals surface area contributed by atoms with Crippen LogP contribution in [0.1, 0.15) is 247 Å². The third-order valence-electron chi connectivity index (χ3n) is 28.5. The minimum absolute atomic E-state index is 0. The smallest absolute Gasteiger partial charge is 0.456 e. The highest BCUT2D eigenvalue weighted by molar-refractivity contribution is 7.89. The lowest BCUT2D eigenvalue weighted by molar-refractivity contribution is -0.144. The fourth-order valence-electron chi connectivity index (χ4n) is 20.5. The van der Waals surface area contributed by atoms with Crippen molar-refractivity contribution >= 4 is 51.0 Å². The number of Topliss-reactive ketones (excluding diaryl/α,β-unsaturated/α-hetero) is 3. The second kappa shape index (κ2) is 38.6. The summed E-state index contributed by atoms with van der Waals surface area (Å²) >= 11 is 0. The highest BCUT2D eigenvalue weighted by Gasteiger charge is 2.53. The van der Waals surface area contributed by atoms with Crippen LogP contribution in [0, 0.1) is 29.6 Å². The Morgan fingerprint density at radius 1 is 0.545 bits per heavy atom. The molecule has 17 rings (SSSR count). The lowest BCUT2D eigenvalue weighted by Gasteiger charge is -2.50. The molecule has 134 heavy (non-hydrogen) atoms. The molecular weight excluding hydrogens is 1770 g/mol. The molecule has 4 spiro atoms. The number of sulfonamides is 1. The Balaban J connectivity index is 0.000000174. The molecule has 3 N–H and O–H groups in total. The molecule has 0 bridgehead atoms. The highest BCUT2D eigenvalue weighted by Crippen LogP contribution is 2.51. The van der Waals surface area contributed by atoms with E-state index in [1.807, 2.05) is 43.9 Å². The number of nitrogens with one attached hydrogen (secondary N) is 3. The first kappa shape index (κ1) is 98.9. The molecule has 4 amide bonds. The zero-order chi connectivity index (χ0) is 96.9. The molecule has 1 unspecified atom stereocenters. The minimum atomic E-state index is -4.92. The maximum atomic E-state index is 13.4. The third-order valence-corrected chi connectivity index (χ3v) is 30.1. The number of ether oxygens (including phenoxy) is 3. The Morgan fingerprint density at radius 3 is 1.50 bits per heavy atom. The van der Waals surface area contributed by atoms with Crippen molar-refractivity contribution in [2.75, 3.05) is 113 Å². The molecule has 1 saturated carbocycles. The van der Waals surface area contributed by atoms with E-state index in [0.717, 1.165) is 93.2 Å². The normalized spacial score (nSPS) is 19.3. The number of likely N-dealkylation sites (tertiary alicyclic amines) is 4. The molecule has 12 heterocycles. The molecule has 8 aromatic rings. The number of methoxy groups -OCH3 is 1. The number of rotatable bonds is 17. The summed E-state index contributed by atoms with van der Waals surface area (Å²) in [5.41, 5.74) is 3.58. The van der Waals surface area contributed by atoms with Crippen molar-refractivity contribution in [2.24, 2.45) is 11.3 Å². The number of piperidine rings is 4. The molecule has 4 saturated heterocycles. The molecule has 726 valence electrons. The van der Waals surface area contributed by atoms with Crippen molar-refractivity contribution in [2.45, 2.75) is 203 Å². The second-order valence-corrected chi connectivity index (χ2v) is 39.4. The number of carbonyl (C=O) groups excluding carboxylic acids is 7. The first-order chi connectivity index (χ1) is 63.3. The topological polar surface area (TPSA) is 280 Å². The number of aryl methyl sites for hydroxylation is 1. The molecule has 36 heteroatoms. The molecule has 1 atom stereocenters. The van der Waals surface area contributed by atoms with Crippen molar-refractivity contribution in [3.05, 3.63) is 212 Å². The first-order valence-corrected chi connectivity index (χ1v) is 47.1. The van der Waals surface area contributed by atoms with Crippen LogP contribution in [-0.2, 0) is 64.2 Å². The number of benzene rings is 4. The van der Waals surface area contributed by atoms with Gasteiger partial charge in [0.25, 0.3) is 29.4 Å². The average Bonchev–Trinajstić information content (AvgIpc) is 1.49. The largest absolute Gasteiger partial charge is 0.496 e. The number of fused-ring (bicyclic) bond motifs is 8. The number of hydrogen-bond acceptors (Lipinski definition) is 17. The maximum absolute atomic E-state index is 13.4. The number of hydrogen-bond donors (Lipinski definition) is 3. The van der Waals surface area contributed by atoms with Gasteiger partial charge >= 0.3 is 18.5 Å². The Morgan fingerprint density at radius 2 is 1.01 bits per heavy atom. The van der Waals surface area contributed by atoms with E-state index >= 15 is 0 Å². The fraction of sp³-hybridized carbons (Fsp3) is 0.510. The summed E-state index contributed by atoms with van der Waals surface area (Å²) in [4.78, 5) is 101. The number of nitrogens with zero attached hydrogens (tertiary/aromatic N) is 11. The van der Waals surface area contributed by atoms with E-state index in [4.69, 9.17) is 14.2 Å². The van der Waals surface area contributed by atoms with Gasteiger partial charge in [0.2, 0.25) is 10.0 Å². The van der Waals surface area contributed by atoms with Gasteiger partial charge in [-0.25, -0.2) is 13.1 Å². The SMILES string of the molecule is CC(=O)c1ccc2n1CCN(C)C21CCN(C(=O)c2ccc(OC(C)C)c(C#N)c2)CC1.CC(C)CCOc1ccc(C(=O)N2CCC3(CC2)NCC(C)n2c(C(=O)C(F)(F)F)ccc23)cc1.CNS(=O)(=O)c1ccc(C(=O)N2CCC3(CC2)NCCn2c(C(F)(F)F)ccc23)cc1C.COc1ccc(C(=O)N2CCC3(CC2)c2ccc(C(=O)C4(C)CC4)n2CCN3C)cc1C(F)(F)F.[HH].[HH].[HH]. The third kappa shape index (κ3) is 19.7. The van der Waals surface area contributed by atoms with Crippen LogP contribution in [0.2, 0.25) is 0 Å². The molecule has 26 nitrogen and oxygen atoms in total. The van der Waals surface area contributed by atoms with Gasteiger partial charge in [0.15, 0.2) is 11.6 Å². The van der Waals surface area contributed by atoms with Crippen molar-refractivity contribution in [1.29, 1.82) is 5.26 Å². The van der Waals surface area contributed by atoms with E-state index in [9.17, 15) is 86.8 Å². The molecule has 9 aliphatic rings. The van der Waals surface area contributed by atoms with E-state index in [1.165, 1.54) is 65.4 Å². The number of halogens is 9. The summed E-state index contributed by atoms with van der Waals surface area (Å²) in [5, 5.41) is 16.4. The average molecular weight is 1890 g/mol. The second-order valence-electron chi connectivity index (χ2n) is 37.6. The number of alkyl halides is 9. The van der Waals surface area contributed by atoms with E-state index in [0.29, 0.717) is 161 Å². The van der Waals surface area contributed by atoms with Gasteiger partial charge in [-0.2, -0.15) is 44.8 Å². The van der Waals surface area contributed by atoms with E-state index in [2.05, 4.69) is 74.4 Å². The summed E-state index contributed by atoms with van der Waals surface area (Å²) in [5.74, 6) is -0.839. The van der Waals surface area contributed by atoms with Crippen LogP contribution < -0.4 is 29.6 Å². The van der Waals surface area contributed by atoms with Crippen LogP contribution in [0.25, 0.3) is 0 Å². The quantitative estimate of drug-likeness (QED) is 0.0564. The van der Waals surface area contributed by atoms with Gasteiger partial charge in [0, 0.05) is 166 Å². The van der Waals surface area contributed by atoms with Gasteiger partial charge in [-0.05, 0) is 258 Å². The number of ketones is 3. The lowest BCUT2D eigenvalue weighted by atomic mass is 9.81. The lowest BCUT2D eigenvalue weighted by Crippen LogP contribution is -2.57. The number of aromatic nitrogens is 4. The van der Waals surface area contributed by atoms with Crippen molar-refractivity contribution in [3.63, 3.8) is 0 Å². The molecular formula is C98H123F9N14O12S. The molecule has 1 aliphatic carbocycles. The van der Waals surface area contributed by atoms with Crippen LogP contribution in [-0.4, -0.2) is 223 Å². The Bertz CT molecular complexity index is 5930. The monoisotopic (exact) mass is 1890 g/mol. The van der Waals surface area contributed by atoms with Crippen LogP contribution >= 0.6 is 0 Å². The van der Waals surface area contributed by atoms with Gasteiger partial charge < -0.3 is 62.7 Å². The van der Waals surface area contributed by atoms with Crippen LogP contribution in [0.5, 0.6) is 17.2 Å². The fourth-order valence-corrected chi connectivity index (χ4v) is 21.5. The summed E-state index contributed by atoms with van der Waals surface area (Å²) in [6.45, 7) is 23.9. The zero-order valence-electron chi connectivity index (χ0n) is 77.6. The summed E-state index contributed by atoms with van der Waals surface area (Å²) < 4.78 is 170. The Labute approximate surface area is 778 Å². The maximum Gasteiger partial charge on any atom is 0.456 e. The number of nitriles is 1. The van der Waals surface area contributed by atoms with Gasteiger partial charge in [-0.1, -0.05) is 20.8 Å². The number of likely N-dealkylation sites (N-methyl/N-ethyl adjacent to an activating group) is 2. The van der Waals surface area contributed by atoms with E-state index < -0.39 is 62.6 Å². The van der Waals surface area contributed by atoms with Crippen LogP contribution in [0.3, 0.4) is 0 Å². The van der Waals surface area contributed by atoms with Gasteiger partial charge in [-0.15, -0.1) is 0 Å². The Hall–Kier alpha value is -11.1. The van der Waals surface area contributed by atoms with Crippen LogP contribution in [0.15, 0.2) is 132 Å². The summed E-state index contributed by atoms with van der Waals surface area (Å²) in [6, 6.07) is 35.5. The summed E-state index contributed by atoms with van der Waals surface area (Å²) in [7, 11) is 3.08. The van der Waals surface area contributed by atoms with E-state index in [-0.39, 0.29) is 90.7 Å². The van der Waals surface area contributed by atoms with Gasteiger partial charge in [-0.3, -0.25) is 43.4 Å². The van der Waals surface area contributed by atoms with Crippen molar-refractivity contribution < 1.29 is 100.0 Å². The molecule has 5 fully saturated rings. The molecule has 8 aliphatic heterocycles. The van der Waals surface area contributed by atoms with Crippen molar-refractivity contribution in [1.82, 2.24) is 63.0 Å². The van der Waals surface area contributed by atoms with Crippen molar-refractivity contribution in [3.8, 4) is 23.3 Å². The van der Waals surface area contributed by atoms with Crippen LogP contribution in [0.4, 0.5) is 39.5 Å². The zero-order valence-corrected chi connectivity index (χ0v) is 78.4. The molecule has 4 aromatic carbocycles. The minimum Gasteiger partial charge on any atom is -0.496 e. The van der Waals surface area contributed by atoms with Gasteiger partial charge in [0.1, 0.15) is 29.0 Å². The Kier molecular flexibility index (Phi) is 28.5. The number of amides is 4. The highest BCUT2D eigenvalue weighted by atomic mass is 32.2.